The maximum absolute atomic E-state index is 13.2. The van der Waals surface area contributed by atoms with Gasteiger partial charge in [-0.25, -0.2) is 4.39 Å². The molecule has 1 fully saturated rings. The third-order valence-electron chi connectivity index (χ3n) is 6.13. The maximum Gasteiger partial charge on any atom is 0.260 e. The van der Waals surface area contributed by atoms with Gasteiger partial charge in [0, 0.05) is 31.7 Å². The van der Waals surface area contributed by atoms with Gasteiger partial charge < -0.3 is 9.64 Å². The summed E-state index contributed by atoms with van der Waals surface area (Å²) in [5.74, 6) is 0.0771. The van der Waals surface area contributed by atoms with Crippen LogP contribution in [0.1, 0.15) is 29.8 Å². The van der Waals surface area contributed by atoms with Crippen molar-refractivity contribution in [2.24, 2.45) is 0 Å². The van der Waals surface area contributed by atoms with Crippen molar-refractivity contribution in [1.82, 2.24) is 9.80 Å². The van der Waals surface area contributed by atoms with E-state index in [2.05, 4.69) is 11.8 Å². The van der Waals surface area contributed by atoms with Gasteiger partial charge in [0.15, 0.2) is 12.9 Å². The van der Waals surface area contributed by atoms with Gasteiger partial charge in [0.25, 0.3) is 5.91 Å². The Morgan fingerprint density at radius 2 is 1.78 bits per heavy atom. The molecule has 166 valence electrons. The van der Waals surface area contributed by atoms with E-state index in [1.54, 1.807) is 18.2 Å². The van der Waals surface area contributed by atoms with Crippen LogP contribution in [0.5, 0.6) is 5.75 Å². The number of ether oxygens (including phenoxy) is 1. The monoisotopic (exact) mass is 434 g/mol. The Balaban J connectivity index is 1.39. The molecule has 0 aromatic heterocycles. The lowest BCUT2D eigenvalue weighted by atomic mass is 10.0. The summed E-state index contributed by atoms with van der Waals surface area (Å²) in [7, 11) is 0. The topological polar surface area (TPSA) is 49.9 Å². The molecule has 6 heteroatoms. The fourth-order valence-electron chi connectivity index (χ4n) is 4.34. The Bertz CT molecular complexity index is 1120. The number of hydrogen-bond donors (Lipinski definition) is 0. The third kappa shape index (κ3) is 4.65. The molecule has 0 spiro atoms. The summed E-state index contributed by atoms with van der Waals surface area (Å²) in [5.41, 5.74) is 1.51. The first-order valence-electron chi connectivity index (χ1n) is 10.8. The van der Waals surface area contributed by atoms with Gasteiger partial charge in [0.05, 0.1) is 5.56 Å². The minimum Gasteiger partial charge on any atom is -0.483 e. The van der Waals surface area contributed by atoms with E-state index < -0.39 is 0 Å². The Morgan fingerprint density at radius 3 is 2.53 bits per heavy atom. The average Bonchev–Trinajstić information content (AvgIpc) is 2.80. The Kier molecular flexibility index (Phi) is 6.51. The molecule has 0 N–H and O–H groups in total. The van der Waals surface area contributed by atoms with E-state index in [1.165, 1.54) is 12.1 Å². The molecule has 1 aliphatic rings. The van der Waals surface area contributed by atoms with E-state index in [9.17, 15) is 14.0 Å². The minimum atomic E-state index is -0.241. The van der Waals surface area contributed by atoms with Gasteiger partial charge in [-0.2, -0.15) is 0 Å². The molecule has 5 nitrogen and oxygen atoms in total. The number of carbonyl (C=O) groups excluding carboxylic acids is 2. The van der Waals surface area contributed by atoms with Crippen LogP contribution in [0.3, 0.4) is 0 Å². The van der Waals surface area contributed by atoms with E-state index in [4.69, 9.17) is 4.74 Å². The average molecular weight is 435 g/mol. The van der Waals surface area contributed by atoms with Crippen LogP contribution in [-0.2, 0) is 11.3 Å². The number of fused-ring (bicyclic) bond motifs is 1. The molecule has 0 radical (unpaired) electrons. The summed E-state index contributed by atoms with van der Waals surface area (Å²) in [6, 6.07) is 18.0. The summed E-state index contributed by atoms with van der Waals surface area (Å²) in [6.45, 7) is 6.01. The molecule has 3 aromatic carbocycles. The number of aldehydes is 1. The van der Waals surface area contributed by atoms with Crippen LogP contribution in [0.25, 0.3) is 10.8 Å². The summed E-state index contributed by atoms with van der Waals surface area (Å²) in [4.78, 5) is 28.8. The van der Waals surface area contributed by atoms with Gasteiger partial charge in [0.2, 0.25) is 0 Å². The lowest BCUT2D eigenvalue weighted by molar-refractivity contribution is -0.139. The summed E-state index contributed by atoms with van der Waals surface area (Å²) in [5, 5.41) is 1.76. The fraction of sp³-hybridized carbons (Fsp3) is 0.308. The molecule has 1 heterocycles. The molecule has 4 rings (SSSR count). The summed E-state index contributed by atoms with van der Waals surface area (Å²) in [6.07, 6.45) is 0.779. The van der Waals surface area contributed by atoms with Crippen molar-refractivity contribution < 1.29 is 18.7 Å². The quantitative estimate of drug-likeness (QED) is 0.543. The van der Waals surface area contributed by atoms with Gasteiger partial charge in [-0.15, -0.1) is 0 Å². The molecular weight excluding hydrogens is 407 g/mol. The number of halogens is 1. The van der Waals surface area contributed by atoms with Gasteiger partial charge in [-0.05, 0) is 48.4 Å². The number of hydrogen-bond acceptors (Lipinski definition) is 4. The Hall–Kier alpha value is -3.25. The van der Waals surface area contributed by atoms with Gasteiger partial charge in [-0.1, -0.05) is 42.5 Å². The highest BCUT2D eigenvalue weighted by molar-refractivity contribution is 6.00. The van der Waals surface area contributed by atoms with Crippen molar-refractivity contribution in [3.8, 4) is 5.75 Å². The molecule has 2 unspecified atom stereocenters. The zero-order valence-corrected chi connectivity index (χ0v) is 18.3. The molecule has 0 aliphatic carbocycles. The van der Waals surface area contributed by atoms with E-state index in [0.717, 1.165) is 29.2 Å². The SMILES string of the molecule is CC1CN(C(=O)COc2ccc3ccccc3c2C=O)C(C)CN1Cc1ccc(F)cc1. The standard InChI is InChI=1S/C26H27FN2O3/c1-18-14-29(19(2)13-28(18)15-20-7-10-22(27)11-8-20)26(31)17-32-25-12-9-21-5-3-4-6-23(21)24(25)16-30/h3-12,16,18-19H,13-15,17H2,1-2H3. The van der Waals surface area contributed by atoms with Crippen molar-refractivity contribution in [3.05, 3.63) is 77.6 Å². The molecule has 1 saturated heterocycles. The van der Waals surface area contributed by atoms with Crippen molar-refractivity contribution in [1.29, 1.82) is 0 Å². The molecular formula is C26H27FN2O3. The molecule has 1 amide bonds. The number of amides is 1. The van der Waals surface area contributed by atoms with Crippen LogP contribution in [0.2, 0.25) is 0 Å². The third-order valence-corrected chi connectivity index (χ3v) is 6.13. The number of piperazine rings is 1. The van der Waals surface area contributed by atoms with E-state index >= 15 is 0 Å². The first-order chi connectivity index (χ1) is 15.5. The van der Waals surface area contributed by atoms with Crippen LogP contribution in [-0.4, -0.2) is 53.8 Å². The molecule has 0 bridgehead atoms. The molecule has 3 aromatic rings. The zero-order chi connectivity index (χ0) is 22.7. The summed E-state index contributed by atoms with van der Waals surface area (Å²) >= 11 is 0. The number of benzene rings is 3. The molecule has 0 saturated carbocycles. The zero-order valence-electron chi connectivity index (χ0n) is 18.3. The van der Waals surface area contributed by atoms with Crippen molar-refractivity contribution in [2.45, 2.75) is 32.5 Å². The smallest absolute Gasteiger partial charge is 0.260 e. The van der Waals surface area contributed by atoms with Crippen molar-refractivity contribution >= 4 is 23.0 Å². The fourth-order valence-corrected chi connectivity index (χ4v) is 4.34. The maximum atomic E-state index is 13.2. The van der Waals surface area contributed by atoms with Gasteiger partial charge >= 0.3 is 0 Å². The predicted molar refractivity (Wildman–Crippen MR) is 122 cm³/mol. The largest absolute Gasteiger partial charge is 0.483 e. The number of rotatable bonds is 6. The van der Waals surface area contributed by atoms with E-state index in [1.807, 2.05) is 42.2 Å². The van der Waals surface area contributed by atoms with Crippen LogP contribution in [0, 0.1) is 5.82 Å². The van der Waals surface area contributed by atoms with E-state index in [-0.39, 0.29) is 30.4 Å². The normalized spacial score (nSPS) is 19.2. The second-order valence-corrected chi connectivity index (χ2v) is 8.41. The number of carbonyl (C=O) groups is 2. The molecule has 2 atom stereocenters. The lowest BCUT2D eigenvalue weighted by Crippen LogP contribution is -2.58. The number of nitrogens with zero attached hydrogens (tertiary/aromatic N) is 2. The molecule has 32 heavy (non-hydrogen) atoms. The lowest BCUT2D eigenvalue weighted by Gasteiger charge is -2.44. The Morgan fingerprint density at radius 1 is 1.03 bits per heavy atom. The van der Waals surface area contributed by atoms with Crippen LogP contribution >= 0.6 is 0 Å². The Labute approximate surface area is 187 Å². The van der Waals surface area contributed by atoms with Gasteiger partial charge in [0.1, 0.15) is 11.6 Å². The first kappa shape index (κ1) is 22.0. The second-order valence-electron chi connectivity index (χ2n) is 8.41. The summed E-state index contributed by atoms with van der Waals surface area (Å²) < 4.78 is 19.0. The second kappa shape index (κ2) is 9.49. The van der Waals surface area contributed by atoms with Crippen LogP contribution in [0.15, 0.2) is 60.7 Å². The minimum absolute atomic E-state index is 0.0184. The van der Waals surface area contributed by atoms with E-state index in [0.29, 0.717) is 24.4 Å². The highest BCUT2D eigenvalue weighted by Gasteiger charge is 2.32. The highest BCUT2D eigenvalue weighted by atomic mass is 19.1. The van der Waals surface area contributed by atoms with Crippen LogP contribution in [0.4, 0.5) is 4.39 Å². The predicted octanol–water partition coefficient (Wildman–Crippen LogP) is 4.29. The van der Waals surface area contributed by atoms with Crippen LogP contribution < -0.4 is 4.74 Å². The van der Waals surface area contributed by atoms with Crippen molar-refractivity contribution in [2.75, 3.05) is 19.7 Å². The molecule has 1 aliphatic heterocycles. The first-order valence-corrected chi connectivity index (χ1v) is 10.8. The van der Waals surface area contributed by atoms with Gasteiger partial charge in [-0.3, -0.25) is 14.5 Å². The highest BCUT2D eigenvalue weighted by Crippen LogP contribution is 2.27. The van der Waals surface area contributed by atoms with Crippen molar-refractivity contribution in [3.63, 3.8) is 0 Å².